The topological polar surface area (TPSA) is 58.6 Å². The zero-order valence-electron chi connectivity index (χ0n) is 16.8. The van der Waals surface area contributed by atoms with Crippen LogP contribution >= 0.6 is 11.6 Å². The lowest BCUT2D eigenvalue weighted by Crippen LogP contribution is -2.32. The fourth-order valence-corrected chi connectivity index (χ4v) is 3.63. The summed E-state index contributed by atoms with van der Waals surface area (Å²) in [5.74, 6) is -1.19. The van der Waals surface area contributed by atoms with Gasteiger partial charge in [0.1, 0.15) is 17.3 Å². The van der Waals surface area contributed by atoms with Gasteiger partial charge in [-0.15, -0.1) is 0 Å². The third-order valence-electron chi connectivity index (χ3n) is 4.91. The highest BCUT2D eigenvalue weighted by atomic mass is 35.5. The Balaban J connectivity index is 1.81. The maximum Gasteiger partial charge on any atom is 0.282 e. The minimum atomic E-state index is -0.585. The summed E-state index contributed by atoms with van der Waals surface area (Å²) < 4.78 is 19.0. The van der Waals surface area contributed by atoms with Gasteiger partial charge < -0.3 is 10.1 Å². The number of aryl methyl sites for hydroxylation is 1. The van der Waals surface area contributed by atoms with Crippen molar-refractivity contribution in [1.82, 2.24) is 0 Å². The van der Waals surface area contributed by atoms with Gasteiger partial charge in [-0.1, -0.05) is 47.5 Å². The summed E-state index contributed by atoms with van der Waals surface area (Å²) >= 11 is 6.21. The van der Waals surface area contributed by atoms with E-state index in [0.29, 0.717) is 22.0 Å². The molecule has 0 atom stereocenters. The first-order valence-electron chi connectivity index (χ1n) is 9.45. The Morgan fingerprint density at radius 2 is 1.71 bits per heavy atom. The van der Waals surface area contributed by atoms with Crippen LogP contribution in [-0.4, -0.2) is 18.9 Å². The van der Waals surface area contributed by atoms with Crippen molar-refractivity contribution >= 4 is 40.4 Å². The van der Waals surface area contributed by atoms with Crippen LogP contribution in [0.2, 0.25) is 5.02 Å². The standard InChI is InChI=1S/C24H18ClFN2O3/c1-14-6-8-15(9-7-14)21-22(27-17-10-11-20(31-2)19(25)13-17)24(30)28(23(21)29)18-5-3-4-16(26)12-18/h3-13,27H,1-2H3. The molecule has 0 saturated carbocycles. The van der Waals surface area contributed by atoms with E-state index < -0.39 is 17.6 Å². The number of benzene rings is 3. The molecule has 1 aliphatic heterocycles. The monoisotopic (exact) mass is 436 g/mol. The maximum atomic E-state index is 13.8. The smallest absolute Gasteiger partial charge is 0.282 e. The zero-order valence-corrected chi connectivity index (χ0v) is 17.5. The molecule has 156 valence electrons. The Kier molecular flexibility index (Phi) is 5.48. The summed E-state index contributed by atoms with van der Waals surface area (Å²) in [6.07, 6.45) is 0. The van der Waals surface area contributed by atoms with Gasteiger partial charge in [0.15, 0.2) is 0 Å². The van der Waals surface area contributed by atoms with Crippen molar-refractivity contribution < 1.29 is 18.7 Å². The summed E-state index contributed by atoms with van der Waals surface area (Å²) in [6.45, 7) is 1.93. The molecule has 0 spiro atoms. The highest BCUT2D eigenvalue weighted by Crippen LogP contribution is 2.35. The first-order chi connectivity index (χ1) is 14.9. The molecule has 0 aliphatic carbocycles. The molecule has 7 heteroatoms. The van der Waals surface area contributed by atoms with E-state index in [9.17, 15) is 14.0 Å². The first-order valence-corrected chi connectivity index (χ1v) is 9.83. The SMILES string of the molecule is COc1ccc(NC2=C(c3ccc(C)cc3)C(=O)N(c3cccc(F)c3)C2=O)cc1Cl. The average molecular weight is 437 g/mol. The van der Waals surface area contributed by atoms with Crippen molar-refractivity contribution in [2.45, 2.75) is 6.92 Å². The predicted molar refractivity (Wildman–Crippen MR) is 119 cm³/mol. The van der Waals surface area contributed by atoms with Gasteiger partial charge in [-0.05, 0) is 48.9 Å². The molecular formula is C24H18ClFN2O3. The molecule has 0 saturated heterocycles. The number of amides is 2. The van der Waals surface area contributed by atoms with Gasteiger partial charge in [0.05, 0.1) is 23.4 Å². The summed E-state index contributed by atoms with van der Waals surface area (Å²) in [6, 6.07) is 17.6. The third kappa shape index (κ3) is 3.90. The molecule has 0 fully saturated rings. The average Bonchev–Trinajstić information content (AvgIpc) is 2.98. The molecule has 1 aliphatic rings. The van der Waals surface area contributed by atoms with Crippen molar-refractivity contribution in [2.24, 2.45) is 0 Å². The molecule has 1 N–H and O–H groups in total. The fraction of sp³-hybridized carbons (Fsp3) is 0.0833. The van der Waals surface area contributed by atoms with Crippen LogP contribution in [-0.2, 0) is 9.59 Å². The number of hydrogen-bond donors (Lipinski definition) is 1. The van der Waals surface area contributed by atoms with E-state index in [2.05, 4.69) is 5.32 Å². The van der Waals surface area contributed by atoms with Gasteiger partial charge in [-0.25, -0.2) is 9.29 Å². The third-order valence-corrected chi connectivity index (χ3v) is 5.21. The molecule has 5 nitrogen and oxygen atoms in total. The fourth-order valence-electron chi connectivity index (χ4n) is 3.37. The molecule has 0 aromatic heterocycles. The van der Waals surface area contributed by atoms with E-state index in [1.165, 1.54) is 25.3 Å². The van der Waals surface area contributed by atoms with Gasteiger partial charge in [0.25, 0.3) is 11.8 Å². The number of ether oxygens (including phenoxy) is 1. The minimum absolute atomic E-state index is 0.0827. The van der Waals surface area contributed by atoms with Crippen molar-refractivity contribution in [1.29, 1.82) is 0 Å². The van der Waals surface area contributed by atoms with Crippen LogP contribution in [0.3, 0.4) is 0 Å². The zero-order chi connectivity index (χ0) is 22.1. The molecule has 0 bridgehead atoms. The number of imide groups is 1. The van der Waals surface area contributed by atoms with Gasteiger partial charge in [-0.3, -0.25) is 9.59 Å². The maximum absolute atomic E-state index is 13.8. The van der Waals surface area contributed by atoms with E-state index in [1.54, 1.807) is 30.3 Å². The van der Waals surface area contributed by atoms with E-state index >= 15 is 0 Å². The Bertz CT molecular complexity index is 1220. The van der Waals surface area contributed by atoms with Crippen LogP contribution in [0.5, 0.6) is 5.75 Å². The molecular weight excluding hydrogens is 419 g/mol. The van der Waals surface area contributed by atoms with E-state index in [1.807, 2.05) is 19.1 Å². The predicted octanol–water partition coefficient (Wildman–Crippen LogP) is 5.19. The summed E-state index contributed by atoms with van der Waals surface area (Å²) in [7, 11) is 1.50. The molecule has 0 radical (unpaired) electrons. The van der Waals surface area contributed by atoms with Crippen LogP contribution in [0.4, 0.5) is 15.8 Å². The Morgan fingerprint density at radius 1 is 0.968 bits per heavy atom. The van der Waals surface area contributed by atoms with Crippen LogP contribution in [0.1, 0.15) is 11.1 Å². The van der Waals surface area contributed by atoms with Gasteiger partial charge in [0.2, 0.25) is 0 Å². The lowest BCUT2D eigenvalue weighted by molar-refractivity contribution is -0.120. The molecule has 31 heavy (non-hydrogen) atoms. The normalized spacial score (nSPS) is 13.7. The highest BCUT2D eigenvalue weighted by molar-refractivity contribution is 6.46. The second kappa shape index (κ2) is 8.24. The number of carbonyl (C=O) groups is 2. The van der Waals surface area contributed by atoms with E-state index in [4.69, 9.17) is 16.3 Å². The second-order valence-corrected chi connectivity index (χ2v) is 7.42. The van der Waals surface area contributed by atoms with Gasteiger partial charge in [0, 0.05) is 5.69 Å². The Hall–Kier alpha value is -3.64. The van der Waals surface area contributed by atoms with E-state index in [0.717, 1.165) is 16.5 Å². The van der Waals surface area contributed by atoms with Crippen molar-refractivity contribution in [3.05, 3.63) is 94.4 Å². The molecule has 0 unspecified atom stereocenters. The van der Waals surface area contributed by atoms with Crippen molar-refractivity contribution in [3.63, 3.8) is 0 Å². The number of anilines is 2. The molecule has 3 aromatic carbocycles. The van der Waals surface area contributed by atoms with Crippen molar-refractivity contribution in [2.75, 3.05) is 17.3 Å². The number of carbonyl (C=O) groups excluding carboxylic acids is 2. The number of hydrogen-bond acceptors (Lipinski definition) is 4. The number of nitrogens with zero attached hydrogens (tertiary/aromatic N) is 1. The van der Waals surface area contributed by atoms with Crippen molar-refractivity contribution in [3.8, 4) is 5.75 Å². The number of nitrogens with one attached hydrogen (secondary N) is 1. The molecule has 3 aromatic rings. The van der Waals surface area contributed by atoms with Gasteiger partial charge in [-0.2, -0.15) is 0 Å². The van der Waals surface area contributed by atoms with Crippen LogP contribution in [0.25, 0.3) is 5.57 Å². The lowest BCUT2D eigenvalue weighted by atomic mass is 10.0. The summed E-state index contributed by atoms with van der Waals surface area (Å²) in [5, 5.41) is 3.38. The van der Waals surface area contributed by atoms with Gasteiger partial charge >= 0.3 is 0 Å². The lowest BCUT2D eigenvalue weighted by Gasteiger charge is -2.15. The van der Waals surface area contributed by atoms with E-state index in [-0.39, 0.29) is 17.0 Å². The number of methoxy groups -OCH3 is 1. The Morgan fingerprint density at radius 3 is 2.35 bits per heavy atom. The minimum Gasteiger partial charge on any atom is -0.495 e. The van der Waals surface area contributed by atoms with Crippen LogP contribution < -0.4 is 15.0 Å². The molecule has 1 heterocycles. The number of rotatable bonds is 5. The van der Waals surface area contributed by atoms with Crippen LogP contribution in [0.15, 0.2) is 72.4 Å². The summed E-state index contributed by atoms with van der Waals surface area (Å²) in [5.41, 5.74) is 2.53. The Labute approximate surface area is 183 Å². The second-order valence-electron chi connectivity index (χ2n) is 7.02. The molecule has 2 amide bonds. The summed E-state index contributed by atoms with van der Waals surface area (Å²) in [4.78, 5) is 27.6. The first kappa shape index (κ1) is 20.6. The largest absolute Gasteiger partial charge is 0.495 e. The highest BCUT2D eigenvalue weighted by Gasteiger charge is 2.40. The quantitative estimate of drug-likeness (QED) is 0.559. The molecule has 4 rings (SSSR count). The van der Waals surface area contributed by atoms with Crippen LogP contribution in [0, 0.1) is 12.7 Å². The number of halogens is 2.